The van der Waals surface area contributed by atoms with Crippen LogP contribution in [0.15, 0.2) is 24.4 Å². The third-order valence-corrected chi connectivity index (χ3v) is 2.03. The molecule has 1 aromatic heterocycles. The SMILES string of the molecule is CC(=O)c1cccc2cn(C)nc12. The largest absolute Gasteiger partial charge is 0.294 e. The fraction of sp³-hybridized carbons (Fsp3) is 0.200. The molecule has 13 heavy (non-hydrogen) atoms. The molecule has 3 heteroatoms. The molecule has 0 aliphatic rings. The third kappa shape index (κ3) is 1.22. The van der Waals surface area contributed by atoms with Gasteiger partial charge in [-0.1, -0.05) is 12.1 Å². The fourth-order valence-electron chi connectivity index (χ4n) is 1.45. The Morgan fingerprint density at radius 3 is 2.92 bits per heavy atom. The van der Waals surface area contributed by atoms with E-state index in [0.29, 0.717) is 5.56 Å². The summed E-state index contributed by atoms with van der Waals surface area (Å²) in [6.07, 6.45) is 1.90. The van der Waals surface area contributed by atoms with Crippen LogP contribution in [0.2, 0.25) is 0 Å². The summed E-state index contributed by atoms with van der Waals surface area (Å²) in [5, 5.41) is 5.24. The van der Waals surface area contributed by atoms with Crippen LogP contribution in [-0.4, -0.2) is 15.6 Å². The second kappa shape index (κ2) is 2.69. The van der Waals surface area contributed by atoms with E-state index in [1.165, 1.54) is 0 Å². The molecule has 0 N–H and O–H groups in total. The van der Waals surface area contributed by atoms with Gasteiger partial charge >= 0.3 is 0 Å². The molecule has 1 heterocycles. The van der Waals surface area contributed by atoms with E-state index in [-0.39, 0.29) is 5.78 Å². The van der Waals surface area contributed by atoms with E-state index in [9.17, 15) is 4.79 Å². The van der Waals surface area contributed by atoms with Gasteiger partial charge in [0.1, 0.15) is 5.52 Å². The summed E-state index contributed by atoms with van der Waals surface area (Å²) in [5.74, 6) is 0.0595. The van der Waals surface area contributed by atoms with Crippen molar-refractivity contribution in [3.8, 4) is 0 Å². The first-order chi connectivity index (χ1) is 6.18. The van der Waals surface area contributed by atoms with Crippen LogP contribution in [0.25, 0.3) is 10.9 Å². The Morgan fingerprint density at radius 1 is 1.46 bits per heavy atom. The molecule has 0 amide bonds. The molecule has 0 fully saturated rings. The number of benzene rings is 1. The van der Waals surface area contributed by atoms with Crippen LogP contribution in [-0.2, 0) is 7.05 Å². The maximum atomic E-state index is 11.2. The van der Waals surface area contributed by atoms with E-state index < -0.39 is 0 Å². The van der Waals surface area contributed by atoms with Gasteiger partial charge in [0.05, 0.1) is 0 Å². The predicted molar refractivity (Wildman–Crippen MR) is 50.7 cm³/mol. The molecule has 0 saturated heterocycles. The molecule has 1 aromatic carbocycles. The van der Waals surface area contributed by atoms with Crippen LogP contribution in [0.3, 0.4) is 0 Å². The van der Waals surface area contributed by atoms with E-state index in [4.69, 9.17) is 0 Å². The van der Waals surface area contributed by atoms with Crippen LogP contribution < -0.4 is 0 Å². The standard InChI is InChI=1S/C10H10N2O/c1-7(13)9-5-3-4-8-6-12(2)11-10(8)9/h3-6H,1-2H3. The summed E-state index contributed by atoms with van der Waals surface area (Å²) in [6.45, 7) is 1.56. The Kier molecular flexibility index (Phi) is 1.65. The highest BCUT2D eigenvalue weighted by Gasteiger charge is 2.07. The lowest BCUT2D eigenvalue weighted by atomic mass is 10.1. The quantitative estimate of drug-likeness (QED) is 0.617. The minimum atomic E-state index is 0.0595. The van der Waals surface area contributed by atoms with Gasteiger partial charge in [0.2, 0.25) is 0 Å². The van der Waals surface area contributed by atoms with Gasteiger partial charge in [-0.2, -0.15) is 5.10 Å². The van der Waals surface area contributed by atoms with Crippen LogP contribution in [0, 0.1) is 0 Å². The van der Waals surface area contributed by atoms with Gasteiger partial charge in [-0.25, -0.2) is 0 Å². The minimum absolute atomic E-state index is 0.0595. The average Bonchev–Trinajstić information content (AvgIpc) is 2.43. The monoisotopic (exact) mass is 174 g/mol. The number of nitrogens with zero attached hydrogens (tertiary/aromatic N) is 2. The molecule has 0 unspecified atom stereocenters. The van der Waals surface area contributed by atoms with Crippen molar-refractivity contribution in [3.05, 3.63) is 30.0 Å². The Labute approximate surface area is 76.0 Å². The van der Waals surface area contributed by atoms with Crippen molar-refractivity contribution in [1.82, 2.24) is 9.78 Å². The topological polar surface area (TPSA) is 34.9 Å². The first kappa shape index (κ1) is 7.98. The molecule has 0 saturated carbocycles. The highest BCUT2D eigenvalue weighted by molar-refractivity contribution is 6.05. The number of ketones is 1. The zero-order valence-electron chi connectivity index (χ0n) is 7.61. The number of fused-ring (bicyclic) bond motifs is 1. The lowest BCUT2D eigenvalue weighted by Crippen LogP contribution is -1.94. The van der Waals surface area contributed by atoms with Gasteiger partial charge in [0.25, 0.3) is 0 Å². The van der Waals surface area contributed by atoms with Crippen molar-refractivity contribution >= 4 is 16.7 Å². The maximum absolute atomic E-state index is 11.2. The minimum Gasteiger partial charge on any atom is -0.294 e. The first-order valence-electron chi connectivity index (χ1n) is 4.12. The summed E-state index contributed by atoms with van der Waals surface area (Å²) < 4.78 is 1.72. The number of hydrogen-bond donors (Lipinski definition) is 0. The highest BCUT2D eigenvalue weighted by atomic mass is 16.1. The number of Topliss-reactive ketones (excluding diaryl/α,β-unsaturated/α-hetero) is 1. The Hall–Kier alpha value is -1.64. The van der Waals surface area contributed by atoms with Crippen molar-refractivity contribution in [2.75, 3.05) is 0 Å². The maximum Gasteiger partial charge on any atom is 0.162 e. The first-order valence-corrected chi connectivity index (χ1v) is 4.12. The molecule has 66 valence electrons. The Bertz CT molecular complexity index is 471. The molecule has 0 bridgehead atoms. The van der Waals surface area contributed by atoms with E-state index in [2.05, 4.69) is 5.10 Å². The predicted octanol–water partition coefficient (Wildman–Crippen LogP) is 1.78. The highest BCUT2D eigenvalue weighted by Crippen LogP contribution is 2.16. The number of carbonyl (C=O) groups excluding carboxylic acids is 1. The lowest BCUT2D eigenvalue weighted by Gasteiger charge is -1.94. The van der Waals surface area contributed by atoms with Gasteiger partial charge < -0.3 is 0 Å². The molecular formula is C10H10N2O. The summed E-state index contributed by atoms with van der Waals surface area (Å²) >= 11 is 0. The average molecular weight is 174 g/mol. The van der Waals surface area contributed by atoms with Gasteiger partial charge in [-0.05, 0) is 13.0 Å². The fourth-order valence-corrected chi connectivity index (χ4v) is 1.45. The van der Waals surface area contributed by atoms with Crippen LogP contribution in [0.4, 0.5) is 0 Å². The summed E-state index contributed by atoms with van der Waals surface area (Å²) in [6, 6.07) is 5.63. The molecule has 0 spiro atoms. The molecule has 0 aliphatic heterocycles. The zero-order valence-corrected chi connectivity index (χ0v) is 7.61. The van der Waals surface area contributed by atoms with Crippen LogP contribution in [0.1, 0.15) is 17.3 Å². The van der Waals surface area contributed by atoms with Gasteiger partial charge in [0.15, 0.2) is 5.78 Å². The van der Waals surface area contributed by atoms with Crippen molar-refractivity contribution in [2.45, 2.75) is 6.92 Å². The molecule has 2 aromatic rings. The summed E-state index contributed by atoms with van der Waals surface area (Å²) in [7, 11) is 1.85. The Morgan fingerprint density at radius 2 is 2.23 bits per heavy atom. The molecule has 2 rings (SSSR count). The summed E-state index contributed by atoms with van der Waals surface area (Å²) in [5.41, 5.74) is 1.48. The molecule has 3 nitrogen and oxygen atoms in total. The van der Waals surface area contributed by atoms with Crippen molar-refractivity contribution in [1.29, 1.82) is 0 Å². The van der Waals surface area contributed by atoms with Crippen LogP contribution in [0.5, 0.6) is 0 Å². The second-order valence-electron chi connectivity index (χ2n) is 3.10. The smallest absolute Gasteiger partial charge is 0.162 e. The van der Waals surface area contributed by atoms with Crippen molar-refractivity contribution in [3.63, 3.8) is 0 Å². The van der Waals surface area contributed by atoms with Crippen LogP contribution >= 0.6 is 0 Å². The zero-order chi connectivity index (χ0) is 9.42. The molecule has 0 aliphatic carbocycles. The number of aryl methyl sites for hydroxylation is 1. The van der Waals surface area contributed by atoms with E-state index in [1.54, 1.807) is 17.7 Å². The van der Waals surface area contributed by atoms with Gasteiger partial charge in [-0.3, -0.25) is 9.48 Å². The van der Waals surface area contributed by atoms with Crippen molar-refractivity contribution in [2.24, 2.45) is 7.05 Å². The van der Waals surface area contributed by atoms with Gasteiger partial charge in [-0.15, -0.1) is 0 Å². The Balaban J connectivity index is 2.82. The van der Waals surface area contributed by atoms with Gasteiger partial charge in [0, 0.05) is 24.2 Å². The van der Waals surface area contributed by atoms with E-state index >= 15 is 0 Å². The second-order valence-corrected chi connectivity index (χ2v) is 3.10. The number of rotatable bonds is 1. The molecule has 0 radical (unpaired) electrons. The number of hydrogen-bond acceptors (Lipinski definition) is 2. The number of carbonyl (C=O) groups is 1. The number of aromatic nitrogens is 2. The molecular weight excluding hydrogens is 164 g/mol. The summed E-state index contributed by atoms with van der Waals surface area (Å²) in [4.78, 5) is 11.2. The third-order valence-electron chi connectivity index (χ3n) is 2.03. The molecule has 0 atom stereocenters. The van der Waals surface area contributed by atoms with Crippen molar-refractivity contribution < 1.29 is 4.79 Å². The lowest BCUT2D eigenvalue weighted by molar-refractivity contribution is 0.101. The normalized spacial score (nSPS) is 10.6. The van der Waals surface area contributed by atoms with E-state index in [0.717, 1.165) is 10.9 Å². The van der Waals surface area contributed by atoms with E-state index in [1.807, 2.05) is 25.4 Å².